The van der Waals surface area contributed by atoms with Crippen molar-refractivity contribution in [3.8, 4) is 11.5 Å². The molecule has 1 aromatic heterocycles. The molecule has 0 fully saturated rings. The predicted octanol–water partition coefficient (Wildman–Crippen LogP) is 6.26. The average molecular weight is 568 g/mol. The second kappa shape index (κ2) is 12.9. The quantitative estimate of drug-likeness (QED) is 0.206. The van der Waals surface area contributed by atoms with Crippen LogP contribution >= 0.6 is 0 Å². The maximum atomic E-state index is 13.3. The van der Waals surface area contributed by atoms with E-state index in [-0.39, 0.29) is 22.6 Å². The lowest BCUT2D eigenvalue weighted by Gasteiger charge is -2.19. The van der Waals surface area contributed by atoms with Gasteiger partial charge in [-0.3, -0.25) is 14.4 Å². The summed E-state index contributed by atoms with van der Waals surface area (Å²) < 4.78 is 15.9. The van der Waals surface area contributed by atoms with Crippen molar-refractivity contribution in [3.63, 3.8) is 0 Å². The number of carbonyl (C=O) groups excluding carboxylic acids is 3. The van der Waals surface area contributed by atoms with Crippen molar-refractivity contribution in [3.05, 3.63) is 113 Å². The fourth-order valence-corrected chi connectivity index (χ4v) is 4.04. The van der Waals surface area contributed by atoms with Crippen LogP contribution in [0.25, 0.3) is 6.08 Å². The number of hydrogen-bond donors (Lipinski definition) is 3. The Balaban J connectivity index is 1.50. The standard InChI is InChI=1S/C33H33N3O6/c1-33(2,3)23-14-11-21(12-15-23)30(37)34-24-8-6-9-25(19-24)35-32(39)27(20-26-10-7-17-42-26)36-31(38)22-13-16-28(40-4)29(18-22)41-5/h6-20H,1-5H3,(H,34,37)(H,35,39)(H,36,38)/b27-20-. The van der Waals surface area contributed by atoms with Crippen molar-refractivity contribution in [2.75, 3.05) is 24.9 Å². The Labute approximate surface area is 244 Å². The number of ether oxygens (including phenoxy) is 2. The van der Waals surface area contributed by atoms with Crippen molar-refractivity contribution in [1.82, 2.24) is 5.32 Å². The van der Waals surface area contributed by atoms with Crippen molar-refractivity contribution in [1.29, 1.82) is 0 Å². The van der Waals surface area contributed by atoms with Crippen LogP contribution in [-0.2, 0) is 10.2 Å². The molecule has 3 amide bonds. The highest BCUT2D eigenvalue weighted by molar-refractivity contribution is 6.11. The number of furan rings is 1. The molecule has 3 N–H and O–H groups in total. The van der Waals surface area contributed by atoms with Crippen LogP contribution < -0.4 is 25.4 Å². The number of anilines is 2. The van der Waals surface area contributed by atoms with Crippen molar-refractivity contribution < 1.29 is 28.3 Å². The first kappa shape index (κ1) is 29.7. The molecule has 0 unspecified atom stereocenters. The molecule has 0 aliphatic carbocycles. The monoisotopic (exact) mass is 567 g/mol. The fourth-order valence-electron chi connectivity index (χ4n) is 4.04. The highest BCUT2D eigenvalue weighted by Gasteiger charge is 2.18. The predicted molar refractivity (Wildman–Crippen MR) is 162 cm³/mol. The Hall–Kier alpha value is -5.31. The third-order valence-corrected chi connectivity index (χ3v) is 6.36. The van der Waals surface area contributed by atoms with Gasteiger partial charge in [-0.05, 0) is 71.6 Å². The molecule has 0 aliphatic heterocycles. The second-order valence-electron chi connectivity index (χ2n) is 10.4. The summed E-state index contributed by atoms with van der Waals surface area (Å²) in [7, 11) is 2.96. The number of rotatable bonds is 9. The van der Waals surface area contributed by atoms with Gasteiger partial charge in [0.05, 0.1) is 20.5 Å². The molecule has 4 rings (SSSR count). The number of nitrogens with one attached hydrogen (secondary N) is 3. The van der Waals surface area contributed by atoms with Gasteiger partial charge in [0.15, 0.2) is 11.5 Å². The molecule has 0 saturated carbocycles. The summed E-state index contributed by atoms with van der Waals surface area (Å²) in [6, 6.07) is 22.2. The first-order chi connectivity index (χ1) is 20.1. The molecule has 216 valence electrons. The molecule has 0 aliphatic rings. The molecule has 0 spiro atoms. The van der Waals surface area contributed by atoms with E-state index < -0.39 is 11.8 Å². The van der Waals surface area contributed by atoms with Crippen molar-refractivity contribution >= 4 is 35.2 Å². The lowest BCUT2D eigenvalue weighted by Crippen LogP contribution is -2.30. The van der Waals surface area contributed by atoms with Crippen LogP contribution in [0.15, 0.2) is 95.2 Å². The molecule has 0 atom stereocenters. The fraction of sp³-hybridized carbons (Fsp3) is 0.182. The summed E-state index contributed by atoms with van der Waals surface area (Å²) in [6.07, 6.45) is 2.88. The highest BCUT2D eigenvalue weighted by Crippen LogP contribution is 2.28. The van der Waals surface area contributed by atoms with E-state index >= 15 is 0 Å². The van der Waals surface area contributed by atoms with E-state index in [0.29, 0.717) is 34.2 Å². The normalized spacial score (nSPS) is 11.4. The first-order valence-corrected chi connectivity index (χ1v) is 13.2. The molecule has 1 heterocycles. The molecule has 9 heteroatoms. The minimum atomic E-state index is -0.596. The van der Waals surface area contributed by atoms with Crippen molar-refractivity contribution in [2.24, 2.45) is 0 Å². The second-order valence-corrected chi connectivity index (χ2v) is 10.4. The maximum Gasteiger partial charge on any atom is 0.272 e. The number of amides is 3. The highest BCUT2D eigenvalue weighted by atomic mass is 16.5. The summed E-state index contributed by atoms with van der Waals surface area (Å²) in [5, 5.41) is 8.28. The van der Waals surface area contributed by atoms with E-state index in [1.807, 2.05) is 12.1 Å². The van der Waals surface area contributed by atoms with Crippen LogP contribution in [0.5, 0.6) is 11.5 Å². The van der Waals surface area contributed by atoms with Crippen LogP contribution in [0.3, 0.4) is 0 Å². The Morgan fingerprint density at radius 3 is 2.02 bits per heavy atom. The SMILES string of the molecule is COc1ccc(C(=O)N/C(=C\c2ccco2)C(=O)Nc2cccc(NC(=O)c3ccc(C(C)(C)C)cc3)c2)cc1OC. The lowest BCUT2D eigenvalue weighted by molar-refractivity contribution is -0.113. The van der Waals surface area contributed by atoms with Gasteiger partial charge in [-0.1, -0.05) is 39.0 Å². The Bertz CT molecular complexity index is 1600. The van der Waals surface area contributed by atoms with E-state index in [9.17, 15) is 14.4 Å². The van der Waals surface area contributed by atoms with Crippen LogP contribution in [-0.4, -0.2) is 31.9 Å². The van der Waals surface area contributed by atoms with E-state index in [2.05, 4.69) is 36.7 Å². The summed E-state index contributed by atoms with van der Waals surface area (Å²) in [5.41, 5.74) is 2.71. The van der Waals surface area contributed by atoms with Gasteiger partial charge in [0.25, 0.3) is 17.7 Å². The zero-order chi connectivity index (χ0) is 30.3. The molecule has 4 aromatic rings. The zero-order valence-electron chi connectivity index (χ0n) is 24.1. The van der Waals surface area contributed by atoms with Gasteiger partial charge in [0.2, 0.25) is 0 Å². The van der Waals surface area contributed by atoms with E-state index in [1.165, 1.54) is 32.6 Å². The topological polar surface area (TPSA) is 119 Å². The molecule has 42 heavy (non-hydrogen) atoms. The lowest BCUT2D eigenvalue weighted by atomic mass is 9.87. The zero-order valence-corrected chi connectivity index (χ0v) is 24.1. The van der Waals surface area contributed by atoms with Gasteiger partial charge in [-0.15, -0.1) is 0 Å². The maximum absolute atomic E-state index is 13.3. The molecular formula is C33H33N3O6. The van der Waals surface area contributed by atoms with Gasteiger partial charge in [0.1, 0.15) is 11.5 Å². The Morgan fingerprint density at radius 2 is 1.40 bits per heavy atom. The van der Waals surface area contributed by atoms with E-state index in [0.717, 1.165) is 5.56 Å². The average Bonchev–Trinajstić information content (AvgIpc) is 3.49. The van der Waals surface area contributed by atoms with Crippen LogP contribution in [0.4, 0.5) is 11.4 Å². The van der Waals surface area contributed by atoms with Crippen LogP contribution in [0, 0.1) is 0 Å². The van der Waals surface area contributed by atoms with Gasteiger partial charge in [0, 0.05) is 28.6 Å². The summed E-state index contributed by atoms with van der Waals surface area (Å²) in [5.74, 6) is -0.211. The summed E-state index contributed by atoms with van der Waals surface area (Å²) >= 11 is 0. The van der Waals surface area contributed by atoms with Gasteiger partial charge in [-0.25, -0.2) is 0 Å². The molecule has 0 saturated heterocycles. The number of carbonyl (C=O) groups is 3. The summed E-state index contributed by atoms with van der Waals surface area (Å²) in [6.45, 7) is 6.33. The Kier molecular flexibility index (Phi) is 9.12. The van der Waals surface area contributed by atoms with Crippen molar-refractivity contribution in [2.45, 2.75) is 26.2 Å². The van der Waals surface area contributed by atoms with Gasteiger partial charge >= 0.3 is 0 Å². The van der Waals surface area contributed by atoms with E-state index in [4.69, 9.17) is 13.9 Å². The van der Waals surface area contributed by atoms with Gasteiger partial charge in [-0.2, -0.15) is 0 Å². The minimum absolute atomic E-state index is 0.0211. The largest absolute Gasteiger partial charge is 0.493 e. The molecule has 9 nitrogen and oxygen atoms in total. The van der Waals surface area contributed by atoms with Crippen LogP contribution in [0.1, 0.15) is 52.8 Å². The molecule has 0 bridgehead atoms. The molecule has 0 radical (unpaired) electrons. The number of methoxy groups -OCH3 is 2. The smallest absolute Gasteiger partial charge is 0.272 e. The van der Waals surface area contributed by atoms with E-state index in [1.54, 1.807) is 60.7 Å². The number of hydrogen-bond acceptors (Lipinski definition) is 6. The van der Waals surface area contributed by atoms with Gasteiger partial charge < -0.3 is 29.8 Å². The third kappa shape index (κ3) is 7.45. The third-order valence-electron chi connectivity index (χ3n) is 6.36. The minimum Gasteiger partial charge on any atom is -0.493 e. The Morgan fingerprint density at radius 1 is 0.738 bits per heavy atom. The summed E-state index contributed by atoms with van der Waals surface area (Å²) in [4.78, 5) is 39.3. The number of benzene rings is 3. The van der Waals surface area contributed by atoms with Crippen LogP contribution in [0.2, 0.25) is 0 Å². The molecular weight excluding hydrogens is 534 g/mol. The first-order valence-electron chi connectivity index (χ1n) is 13.2. The molecule has 3 aromatic carbocycles.